The van der Waals surface area contributed by atoms with E-state index in [2.05, 4.69) is 5.32 Å². The van der Waals surface area contributed by atoms with Crippen LogP contribution in [0.1, 0.15) is 34.1 Å². The minimum absolute atomic E-state index is 0.105. The number of halogens is 1. The summed E-state index contributed by atoms with van der Waals surface area (Å²) in [5.41, 5.74) is 0.796. The Kier molecular flexibility index (Phi) is 6.72. The lowest BCUT2D eigenvalue weighted by atomic mass is 10.1. The number of carbonyl (C=O) groups excluding carboxylic acids is 3. The van der Waals surface area contributed by atoms with Crippen LogP contribution >= 0.6 is 11.6 Å². The van der Waals surface area contributed by atoms with Crippen molar-refractivity contribution in [3.63, 3.8) is 0 Å². The van der Waals surface area contributed by atoms with Gasteiger partial charge in [0, 0.05) is 17.4 Å². The number of nitrogens with one attached hydrogen (secondary N) is 1. The summed E-state index contributed by atoms with van der Waals surface area (Å²) in [6.45, 7) is 2.12. The number of amides is 1. The molecule has 8 heteroatoms. The maximum Gasteiger partial charge on any atom is 0.340 e. The molecule has 0 saturated heterocycles. The number of para-hydroxylation sites is 1. The van der Waals surface area contributed by atoms with E-state index in [-0.39, 0.29) is 29.1 Å². The fraction of sp³-hybridized carbons (Fsp3) is 0.286. The van der Waals surface area contributed by atoms with Crippen molar-refractivity contribution in [3.8, 4) is 11.5 Å². The van der Waals surface area contributed by atoms with Crippen molar-refractivity contribution in [2.45, 2.75) is 18.7 Å². The second-order valence-corrected chi connectivity index (χ2v) is 7.18. The molecule has 0 saturated carbocycles. The van der Waals surface area contributed by atoms with Crippen molar-refractivity contribution in [3.05, 3.63) is 53.6 Å². The Morgan fingerprint density at radius 1 is 1.10 bits per heavy atom. The second kappa shape index (κ2) is 9.43. The molecule has 3 rings (SSSR count). The van der Waals surface area contributed by atoms with E-state index in [0.717, 1.165) is 0 Å². The maximum absolute atomic E-state index is 12.4. The van der Waals surface area contributed by atoms with Gasteiger partial charge in [-0.05, 0) is 37.3 Å². The van der Waals surface area contributed by atoms with Crippen LogP contribution in [0, 0.1) is 0 Å². The Morgan fingerprint density at radius 2 is 1.83 bits per heavy atom. The van der Waals surface area contributed by atoms with Gasteiger partial charge >= 0.3 is 5.97 Å². The lowest BCUT2D eigenvalue weighted by Gasteiger charge is -2.18. The highest BCUT2D eigenvalue weighted by Gasteiger charge is 2.19. The van der Waals surface area contributed by atoms with E-state index in [1.807, 2.05) is 0 Å². The van der Waals surface area contributed by atoms with Crippen LogP contribution in [0.25, 0.3) is 0 Å². The summed E-state index contributed by atoms with van der Waals surface area (Å²) < 4.78 is 16.0. The minimum atomic E-state index is -0.717. The van der Waals surface area contributed by atoms with Gasteiger partial charge in [0.1, 0.15) is 13.2 Å². The molecular weight excluding hydrogens is 398 g/mol. The number of Topliss-reactive ketones (excluding diaryl/α,β-unsaturated/α-hetero) is 1. The SMILES string of the molecule is CC(Cl)CC(=O)Nc1ccccc1C(=O)OCC(=O)c1ccc2c(c1)OCCO2. The van der Waals surface area contributed by atoms with Crippen LogP contribution in [0.3, 0.4) is 0 Å². The first kappa shape index (κ1) is 20.7. The van der Waals surface area contributed by atoms with Crippen molar-refractivity contribution in [1.82, 2.24) is 0 Å². The van der Waals surface area contributed by atoms with E-state index in [1.165, 1.54) is 6.07 Å². The standard InChI is InChI=1S/C21H20ClNO6/c1-13(22)10-20(25)23-16-5-3-2-4-15(16)21(26)29-12-17(24)14-6-7-18-19(11-14)28-9-8-27-18/h2-7,11,13H,8-10,12H2,1H3,(H,23,25). The molecule has 1 aliphatic heterocycles. The summed E-state index contributed by atoms with van der Waals surface area (Å²) >= 11 is 5.82. The number of alkyl halides is 1. The molecule has 1 aliphatic rings. The number of rotatable bonds is 7. The maximum atomic E-state index is 12.4. The Morgan fingerprint density at radius 3 is 2.59 bits per heavy atom. The molecule has 1 N–H and O–H groups in total. The van der Waals surface area contributed by atoms with Gasteiger partial charge in [0.15, 0.2) is 23.9 Å². The van der Waals surface area contributed by atoms with E-state index < -0.39 is 12.6 Å². The highest BCUT2D eigenvalue weighted by atomic mass is 35.5. The van der Waals surface area contributed by atoms with E-state index in [0.29, 0.717) is 36.0 Å². The molecule has 0 aromatic heterocycles. The van der Waals surface area contributed by atoms with Gasteiger partial charge in [-0.15, -0.1) is 11.6 Å². The highest BCUT2D eigenvalue weighted by Crippen LogP contribution is 2.30. The lowest BCUT2D eigenvalue weighted by molar-refractivity contribution is -0.116. The minimum Gasteiger partial charge on any atom is -0.486 e. The summed E-state index contributed by atoms with van der Waals surface area (Å²) in [4.78, 5) is 36.8. The molecule has 0 bridgehead atoms. The molecule has 0 radical (unpaired) electrons. The van der Waals surface area contributed by atoms with Crippen LogP contribution in [0.2, 0.25) is 0 Å². The van der Waals surface area contributed by atoms with Gasteiger partial charge in [-0.3, -0.25) is 9.59 Å². The summed E-state index contributed by atoms with van der Waals surface area (Å²) in [5, 5.41) is 2.30. The number of ketones is 1. The zero-order valence-electron chi connectivity index (χ0n) is 15.8. The monoisotopic (exact) mass is 417 g/mol. The highest BCUT2D eigenvalue weighted by molar-refractivity contribution is 6.21. The molecule has 0 fully saturated rings. The fourth-order valence-electron chi connectivity index (χ4n) is 2.74. The van der Waals surface area contributed by atoms with Crippen molar-refractivity contribution >= 4 is 34.9 Å². The first-order chi connectivity index (χ1) is 13.9. The molecular formula is C21H20ClNO6. The molecule has 29 heavy (non-hydrogen) atoms. The first-order valence-corrected chi connectivity index (χ1v) is 9.50. The zero-order valence-corrected chi connectivity index (χ0v) is 16.5. The molecule has 2 aromatic carbocycles. The number of carbonyl (C=O) groups is 3. The van der Waals surface area contributed by atoms with Gasteiger partial charge in [0.05, 0.1) is 11.3 Å². The van der Waals surface area contributed by atoms with Crippen molar-refractivity contribution in [2.75, 3.05) is 25.1 Å². The smallest absolute Gasteiger partial charge is 0.340 e. The molecule has 0 aliphatic carbocycles. The second-order valence-electron chi connectivity index (χ2n) is 6.44. The van der Waals surface area contributed by atoms with Crippen LogP contribution in [-0.4, -0.2) is 42.9 Å². The van der Waals surface area contributed by atoms with Gasteiger partial charge in [-0.25, -0.2) is 4.79 Å². The van der Waals surface area contributed by atoms with E-state index in [4.69, 9.17) is 25.8 Å². The average Bonchev–Trinajstić information content (AvgIpc) is 2.71. The molecule has 152 valence electrons. The zero-order chi connectivity index (χ0) is 20.8. The third kappa shape index (κ3) is 5.48. The molecule has 1 atom stereocenters. The van der Waals surface area contributed by atoms with Crippen molar-refractivity contribution in [1.29, 1.82) is 0 Å². The summed E-state index contributed by atoms with van der Waals surface area (Å²) in [7, 11) is 0. The fourth-order valence-corrected chi connectivity index (χ4v) is 2.88. The Bertz CT molecular complexity index is 927. The third-order valence-corrected chi connectivity index (χ3v) is 4.24. The predicted octanol–water partition coefficient (Wildman–Crippen LogP) is 3.45. The van der Waals surface area contributed by atoms with Crippen LogP contribution in [0.5, 0.6) is 11.5 Å². The number of esters is 1. The van der Waals surface area contributed by atoms with Gasteiger partial charge < -0.3 is 19.5 Å². The van der Waals surface area contributed by atoms with E-state index in [9.17, 15) is 14.4 Å². The quantitative estimate of drug-likeness (QED) is 0.421. The first-order valence-electron chi connectivity index (χ1n) is 9.07. The summed E-state index contributed by atoms with van der Waals surface area (Å²) in [6, 6.07) is 11.2. The Balaban J connectivity index is 1.63. The number of benzene rings is 2. The van der Waals surface area contributed by atoms with Gasteiger partial charge in [0.2, 0.25) is 5.91 Å². The summed E-state index contributed by atoms with van der Waals surface area (Å²) in [6.07, 6.45) is 0.105. The number of fused-ring (bicyclic) bond motifs is 1. The third-order valence-electron chi connectivity index (χ3n) is 4.09. The van der Waals surface area contributed by atoms with Crippen LogP contribution in [0.15, 0.2) is 42.5 Å². The molecule has 1 unspecified atom stereocenters. The molecule has 1 heterocycles. The Labute approximate surface area is 172 Å². The largest absolute Gasteiger partial charge is 0.486 e. The van der Waals surface area contributed by atoms with Crippen LogP contribution < -0.4 is 14.8 Å². The molecule has 7 nitrogen and oxygen atoms in total. The number of anilines is 1. The van der Waals surface area contributed by atoms with Crippen molar-refractivity contribution < 1.29 is 28.6 Å². The topological polar surface area (TPSA) is 90.9 Å². The summed E-state index contributed by atoms with van der Waals surface area (Å²) in [5.74, 6) is -0.366. The normalized spacial score (nSPS) is 13.3. The van der Waals surface area contributed by atoms with Crippen molar-refractivity contribution in [2.24, 2.45) is 0 Å². The van der Waals surface area contributed by atoms with E-state index in [1.54, 1.807) is 43.3 Å². The van der Waals surface area contributed by atoms with Gasteiger partial charge in [0.25, 0.3) is 0 Å². The van der Waals surface area contributed by atoms with Crippen LogP contribution in [-0.2, 0) is 9.53 Å². The van der Waals surface area contributed by atoms with E-state index >= 15 is 0 Å². The molecule has 1 amide bonds. The molecule has 0 spiro atoms. The number of hydrogen-bond acceptors (Lipinski definition) is 6. The predicted molar refractivity (Wildman–Crippen MR) is 107 cm³/mol. The van der Waals surface area contributed by atoms with Gasteiger partial charge in [-0.1, -0.05) is 12.1 Å². The number of ether oxygens (including phenoxy) is 3. The number of hydrogen-bond donors (Lipinski definition) is 1. The van der Waals surface area contributed by atoms with Gasteiger partial charge in [-0.2, -0.15) is 0 Å². The average molecular weight is 418 g/mol. The Hall–Kier alpha value is -3.06. The molecule has 2 aromatic rings. The van der Waals surface area contributed by atoms with Crippen LogP contribution in [0.4, 0.5) is 5.69 Å². The lowest BCUT2D eigenvalue weighted by Crippen LogP contribution is -2.19.